The Bertz CT molecular complexity index is 577. The average Bonchev–Trinajstić information content (AvgIpc) is 2.95. The van der Waals surface area contributed by atoms with E-state index in [9.17, 15) is 4.79 Å². The first-order valence-electron chi connectivity index (χ1n) is 6.44. The fourth-order valence-corrected chi connectivity index (χ4v) is 1.78. The van der Waals surface area contributed by atoms with Gasteiger partial charge in [-0.05, 0) is 18.6 Å². The molecule has 5 heteroatoms. The van der Waals surface area contributed by atoms with Crippen LogP contribution in [0.2, 0.25) is 0 Å². The van der Waals surface area contributed by atoms with Crippen molar-refractivity contribution in [3.05, 3.63) is 60.9 Å². The molecular weight excluding hydrogens is 252 g/mol. The van der Waals surface area contributed by atoms with Crippen LogP contribution in [0.1, 0.15) is 12.0 Å². The summed E-state index contributed by atoms with van der Waals surface area (Å²) in [6, 6.07) is 9.25. The number of nitrogens with zero attached hydrogens (tertiary/aromatic N) is 2. The van der Waals surface area contributed by atoms with Gasteiger partial charge in [0.1, 0.15) is 0 Å². The van der Waals surface area contributed by atoms with Crippen molar-refractivity contribution in [3.8, 4) is 5.69 Å². The summed E-state index contributed by atoms with van der Waals surface area (Å²) in [7, 11) is 0. The molecule has 5 nitrogen and oxygen atoms in total. The van der Waals surface area contributed by atoms with Gasteiger partial charge in [0.25, 0.3) is 0 Å². The normalized spacial score (nSPS) is 11.8. The van der Waals surface area contributed by atoms with Gasteiger partial charge in [0.05, 0.1) is 17.9 Å². The lowest BCUT2D eigenvalue weighted by atomic mass is 10.2. The largest absolute Gasteiger partial charge is 0.351 e. The Balaban J connectivity index is 1.94. The minimum absolute atomic E-state index is 0.183. The molecule has 1 amide bonds. The number of hydrogen-bond acceptors (Lipinski definition) is 3. The van der Waals surface area contributed by atoms with Gasteiger partial charge in [0.2, 0.25) is 5.91 Å². The minimum atomic E-state index is -0.545. The van der Waals surface area contributed by atoms with Gasteiger partial charge >= 0.3 is 0 Å². The molecule has 104 valence electrons. The molecule has 1 atom stereocenters. The van der Waals surface area contributed by atoms with Crippen LogP contribution in [0.15, 0.2) is 55.4 Å². The van der Waals surface area contributed by atoms with Crippen LogP contribution in [0.5, 0.6) is 0 Å². The molecule has 0 aliphatic heterocycles. The molecule has 2 rings (SSSR count). The van der Waals surface area contributed by atoms with Gasteiger partial charge in [0, 0.05) is 18.3 Å². The number of nitrogens with one attached hydrogen (secondary N) is 1. The van der Waals surface area contributed by atoms with Crippen molar-refractivity contribution in [1.82, 2.24) is 15.1 Å². The topological polar surface area (TPSA) is 72.9 Å². The zero-order valence-electron chi connectivity index (χ0n) is 11.2. The van der Waals surface area contributed by atoms with Crippen LogP contribution < -0.4 is 11.1 Å². The van der Waals surface area contributed by atoms with E-state index in [0.717, 1.165) is 11.3 Å². The van der Waals surface area contributed by atoms with Gasteiger partial charge in [-0.1, -0.05) is 24.3 Å². The molecule has 0 spiro atoms. The SMILES string of the molecule is C=CCC(N)C(=O)NCc1cnn(-c2ccccc2)c1. The molecule has 1 heterocycles. The van der Waals surface area contributed by atoms with Crippen molar-refractivity contribution < 1.29 is 4.79 Å². The van der Waals surface area contributed by atoms with Crippen LogP contribution in [0.25, 0.3) is 5.69 Å². The minimum Gasteiger partial charge on any atom is -0.351 e. The van der Waals surface area contributed by atoms with Gasteiger partial charge < -0.3 is 11.1 Å². The highest BCUT2D eigenvalue weighted by molar-refractivity contribution is 5.81. The second-order valence-electron chi connectivity index (χ2n) is 4.48. The fourth-order valence-electron chi connectivity index (χ4n) is 1.78. The summed E-state index contributed by atoms with van der Waals surface area (Å²) in [5.74, 6) is -0.183. The van der Waals surface area contributed by atoms with E-state index in [0.29, 0.717) is 13.0 Å². The highest BCUT2D eigenvalue weighted by Gasteiger charge is 2.11. The predicted octanol–water partition coefficient (Wildman–Crippen LogP) is 1.39. The molecule has 0 saturated heterocycles. The third kappa shape index (κ3) is 3.55. The smallest absolute Gasteiger partial charge is 0.237 e. The first-order chi connectivity index (χ1) is 9.70. The van der Waals surface area contributed by atoms with E-state index in [4.69, 9.17) is 5.73 Å². The fraction of sp³-hybridized carbons (Fsp3) is 0.200. The summed E-state index contributed by atoms with van der Waals surface area (Å²) >= 11 is 0. The van der Waals surface area contributed by atoms with Crippen LogP contribution in [-0.2, 0) is 11.3 Å². The van der Waals surface area contributed by atoms with E-state index in [1.165, 1.54) is 0 Å². The third-order valence-electron chi connectivity index (χ3n) is 2.88. The number of carbonyl (C=O) groups is 1. The lowest BCUT2D eigenvalue weighted by Crippen LogP contribution is -2.39. The maximum atomic E-state index is 11.7. The van der Waals surface area contributed by atoms with Crippen LogP contribution >= 0.6 is 0 Å². The van der Waals surface area contributed by atoms with Crippen molar-refractivity contribution in [1.29, 1.82) is 0 Å². The molecule has 0 bridgehead atoms. The van der Waals surface area contributed by atoms with E-state index in [1.807, 2.05) is 36.5 Å². The molecule has 0 saturated carbocycles. The van der Waals surface area contributed by atoms with E-state index in [1.54, 1.807) is 17.0 Å². The number of benzene rings is 1. The summed E-state index contributed by atoms with van der Waals surface area (Å²) < 4.78 is 1.77. The van der Waals surface area contributed by atoms with E-state index >= 15 is 0 Å². The maximum absolute atomic E-state index is 11.7. The first-order valence-corrected chi connectivity index (χ1v) is 6.44. The summed E-state index contributed by atoms with van der Waals surface area (Å²) in [5.41, 5.74) is 7.59. The van der Waals surface area contributed by atoms with Crippen LogP contribution in [0.3, 0.4) is 0 Å². The van der Waals surface area contributed by atoms with E-state index < -0.39 is 6.04 Å². The van der Waals surface area contributed by atoms with Crippen molar-refractivity contribution in [2.45, 2.75) is 19.0 Å². The Morgan fingerprint density at radius 1 is 1.45 bits per heavy atom. The molecule has 2 aromatic rings. The molecule has 0 radical (unpaired) electrons. The van der Waals surface area contributed by atoms with Crippen molar-refractivity contribution in [3.63, 3.8) is 0 Å². The Hall–Kier alpha value is -2.40. The number of hydrogen-bond donors (Lipinski definition) is 2. The number of carbonyl (C=O) groups excluding carboxylic acids is 1. The van der Waals surface area contributed by atoms with Crippen molar-refractivity contribution in [2.24, 2.45) is 5.73 Å². The maximum Gasteiger partial charge on any atom is 0.237 e. The van der Waals surface area contributed by atoms with Crippen molar-refractivity contribution in [2.75, 3.05) is 0 Å². The van der Waals surface area contributed by atoms with Crippen LogP contribution in [-0.4, -0.2) is 21.7 Å². The number of aromatic nitrogens is 2. The zero-order chi connectivity index (χ0) is 14.4. The van der Waals surface area contributed by atoms with Gasteiger partial charge in [-0.2, -0.15) is 5.10 Å². The second-order valence-corrected chi connectivity index (χ2v) is 4.48. The standard InChI is InChI=1S/C15H18N4O/c1-2-6-14(16)15(20)17-9-12-10-18-19(11-12)13-7-4-3-5-8-13/h2-5,7-8,10-11,14H,1,6,9,16H2,(H,17,20). The van der Waals surface area contributed by atoms with Crippen molar-refractivity contribution >= 4 is 5.91 Å². The predicted molar refractivity (Wildman–Crippen MR) is 78.2 cm³/mol. The summed E-state index contributed by atoms with van der Waals surface area (Å²) in [5, 5.41) is 7.05. The molecular formula is C15H18N4O. The number of amides is 1. The van der Waals surface area contributed by atoms with Crippen LogP contribution in [0, 0.1) is 0 Å². The molecule has 20 heavy (non-hydrogen) atoms. The Morgan fingerprint density at radius 2 is 2.20 bits per heavy atom. The average molecular weight is 270 g/mol. The molecule has 1 aromatic heterocycles. The number of para-hydroxylation sites is 1. The second kappa shape index (κ2) is 6.68. The Labute approximate surface area is 118 Å². The highest BCUT2D eigenvalue weighted by atomic mass is 16.2. The molecule has 0 aliphatic carbocycles. The van der Waals surface area contributed by atoms with E-state index in [-0.39, 0.29) is 5.91 Å². The Morgan fingerprint density at radius 3 is 2.90 bits per heavy atom. The monoisotopic (exact) mass is 270 g/mol. The summed E-state index contributed by atoms with van der Waals surface area (Å²) in [4.78, 5) is 11.7. The lowest BCUT2D eigenvalue weighted by Gasteiger charge is -2.09. The lowest BCUT2D eigenvalue weighted by molar-refractivity contribution is -0.122. The molecule has 0 aliphatic rings. The highest BCUT2D eigenvalue weighted by Crippen LogP contribution is 2.07. The summed E-state index contributed by atoms with van der Waals surface area (Å²) in [6.45, 7) is 3.98. The molecule has 1 aromatic carbocycles. The van der Waals surface area contributed by atoms with Crippen LogP contribution in [0.4, 0.5) is 0 Å². The van der Waals surface area contributed by atoms with Gasteiger partial charge in [-0.3, -0.25) is 4.79 Å². The number of nitrogens with two attached hydrogens (primary N) is 1. The van der Waals surface area contributed by atoms with Gasteiger partial charge in [-0.25, -0.2) is 4.68 Å². The Kier molecular flexibility index (Phi) is 4.68. The van der Waals surface area contributed by atoms with Gasteiger partial charge in [0.15, 0.2) is 0 Å². The molecule has 0 fully saturated rings. The zero-order valence-corrected chi connectivity index (χ0v) is 11.2. The third-order valence-corrected chi connectivity index (χ3v) is 2.88. The quantitative estimate of drug-likeness (QED) is 0.779. The van der Waals surface area contributed by atoms with E-state index in [2.05, 4.69) is 17.0 Å². The summed E-state index contributed by atoms with van der Waals surface area (Å²) in [6.07, 6.45) is 5.72. The number of rotatable bonds is 6. The molecule has 3 N–H and O–H groups in total. The molecule has 1 unspecified atom stereocenters. The van der Waals surface area contributed by atoms with Gasteiger partial charge in [-0.15, -0.1) is 6.58 Å². The first kappa shape index (κ1) is 14.0.